The molecule has 3 nitrogen and oxygen atoms in total. The second kappa shape index (κ2) is 7.01. The van der Waals surface area contributed by atoms with Crippen molar-refractivity contribution in [3.8, 4) is 0 Å². The first-order chi connectivity index (χ1) is 8.15. The Balaban J connectivity index is 2.39. The lowest BCUT2D eigenvalue weighted by Crippen LogP contribution is -2.32. The highest BCUT2D eigenvalue weighted by Crippen LogP contribution is 2.08. The van der Waals surface area contributed by atoms with Gasteiger partial charge in [0.25, 0.3) is 5.91 Å². The Labute approximate surface area is 101 Å². The average Bonchev–Trinajstić information content (AvgIpc) is 2.32. The highest BCUT2D eigenvalue weighted by Gasteiger charge is 2.06. The number of benzene rings is 1. The molecule has 4 heteroatoms. The summed E-state index contributed by atoms with van der Waals surface area (Å²) in [6.45, 7) is 6.02. The van der Waals surface area contributed by atoms with E-state index in [1.807, 2.05) is 0 Å². The summed E-state index contributed by atoms with van der Waals surface area (Å²) in [6.07, 6.45) is 1.07. The largest absolute Gasteiger partial charge is 0.351 e. The lowest BCUT2D eigenvalue weighted by Gasteiger charge is -2.07. The van der Waals surface area contributed by atoms with Crippen LogP contribution in [0.5, 0.6) is 0 Å². The normalized spacial score (nSPS) is 10.3. The summed E-state index contributed by atoms with van der Waals surface area (Å²) in [5.41, 5.74) is 0.987. The van der Waals surface area contributed by atoms with E-state index in [1.165, 1.54) is 12.1 Å². The molecule has 0 radical (unpaired) electrons. The van der Waals surface area contributed by atoms with Crippen LogP contribution in [0.15, 0.2) is 18.2 Å². The van der Waals surface area contributed by atoms with Gasteiger partial charge in [0.1, 0.15) is 5.82 Å². The van der Waals surface area contributed by atoms with Crippen LogP contribution in [0.1, 0.15) is 29.3 Å². The third-order valence-corrected chi connectivity index (χ3v) is 2.43. The Morgan fingerprint density at radius 3 is 2.71 bits per heavy atom. The van der Waals surface area contributed by atoms with Crippen molar-refractivity contribution in [3.05, 3.63) is 35.1 Å². The van der Waals surface area contributed by atoms with E-state index in [4.69, 9.17) is 0 Å². The number of hydrogen-bond donors (Lipinski definition) is 2. The van der Waals surface area contributed by atoms with E-state index < -0.39 is 0 Å². The van der Waals surface area contributed by atoms with Crippen LogP contribution in [0.3, 0.4) is 0 Å². The van der Waals surface area contributed by atoms with Gasteiger partial charge in [-0.05, 0) is 43.7 Å². The van der Waals surface area contributed by atoms with Gasteiger partial charge in [-0.25, -0.2) is 4.39 Å². The van der Waals surface area contributed by atoms with Crippen LogP contribution in [-0.4, -0.2) is 25.5 Å². The predicted molar refractivity (Wildman–Crippen MR) is 66.6 cm³/mol. The molecule has 0 aromatic heterocycles. The second-order valence-corrected chi connectivity index (χ2v) is 3.97. The standard InChI is InChI=1S/C13H19FN2O/c1-3-6-15-7-8-16-13(17)11-4-5-12(14)10(2)9-11/h4-5,9,15H,3,6-8H2,1-2H3,(H,16,17). The van der Waals surface area contributed by atoms with E-state index in [9.17, 15) is 9.18 Å². The molecule has 0 aliphatic rings. The lowest BCUT2D eigenvalue weighted by atomic mass is 10.1. The molecule has 0 atom stereocenters. The van der Waals surface area contributed by atoms with Crippen molar-refractivity contribution >= 4 is 5.91 Å². The van der Waals surface area contributed by atoms with Gasteiger partial charge in [0, 0.05) is 18.7 Å². The zero-order valence-corrected chi connectivity index (χ0v) is 10.3. The first-order valence-corrected chi connectivity index (χ1v) is 5.90. The smallest absolute Gasteiger partial charge is 0.251 e. The topological polar surface area (TPSA) is 41.1 Å². The zero-order chi connectivity index (χ0) is 12.7. The van der Waals surface area contributed by atoms with E-state index in [0.717, 1.165) is 19.5 Å². The summed E-state index contributed by atoms with van der Waals surface area (Å²) in [5, 5.41) is 5.97. The van der Waals surface area contributed by atoms with Crippen LogP contribution in [0.2, 0.25) is 0 Å². The van der Waals surface area contributed by atoms with Crippen molar-refractivity contribution in [1.82, 2.24) is 10.6 Å². The van der Waals surface area contributed by atoms with E-state index >= 15 is 0 Å². The highest BCUT2D eigenvalue weighted by atomic mass is 19.1. The molecule has 0 spiro atoms. The Bertz CT molecular complexity index is 380. The molecule has 0 fully saturated rings. The minimum Gasteiger partial charge on any atom is -0.351 e. The number of rotatable bonds is 6. The molecule has 0 saturated carbocycles. The number of carbonyl (C=O) groups is 1. The van der Waals surface area contributed by atoms with Crippen LogP contribution >= 0.6 is 0 Å². The number of aryl methyl sites for hydroxylation is 1. The van der Waals surface area contributed by atoms with Crippen LogP contribution in [0.4, 0.5) is 4.39 Å². The maximum absolute atomic E-state index is 13.0. The highest BCUT2D eigenvalue weighted by molar-refractivity contribution is 5.94. The molecule has 0 aliphatic carbocycles. The van der Waals surface area contributed by atoms with Crippen LogP contribution < -0.4 is 10.6 Å². The molecule has 0 bridgehead atoms. The molecule has 1 aromatic carbocycles. The fourth-order valence-electron chi connectivity index (χ4n) is 1.45. The van der Waals surface area contributed by atoms with Crippen LogP contribution in [0, 0.1) is 12.7 Å². The quantitative estimate of drug-likeness (QED) is 0.743. The predicted octanol–water partition coefficient (Wildman–Crippen LogP) is 1.86. The summed E-state index contributed by atoms with van der Waals surface area (Å²) in [4.78, 5) is 11.7. The molecule has 1 amide bonds. The molecule has 94 valence electrons. The van der Waals surface area contributed by atoms with Gasteiger partial charge >= 0.3 is 0 Å². The third-order valence-electron chi connectivity index (χ3n) is 2.43. The van der Waals surface area contributed by atoms with Crippen molar-refractivity contribution in [3.63, 3.8) is 0 Å². The lowest BCUT2D eigenvalue weighted by molar-refractivity contribution is 0.0954. The van der Waals surface area contributed by atoms with Crippen LogP contribution in [-0.2, 0) is 0 Å². The van der Waals surface area contributed by atoms with Gasteiger partial charge in [0.15, 0.2) is 0 Å². The Morgan fingerprint density at radius 1 is 1.29 bits per heavy atom. The SMILES string of the molecule is CCCNCCNC(=O)c1ccc(F)c(C)c1. The van der Waals surface area contributed by atoms with Gasteiger partial charge in [0.2, 0.25) is 0 Å². The zero-order valence-electron chi connectivity index (χ0n) is 10.3. The molecule has 0 heterocycles. The summed E-state index contributed by atoms with van der Waals surface area (Å²) in [7, 11) is 0. The molecule has 1 rings (SSSR count). The van der Waals surface area contributed by atoms with Crippen molar-refractivity contribution < 1.29 is 9.18 Å². The monoisotopic (exact) mass is 238 g/mol. The minimum atomic E-state index is -0.286. The van der Waals surface area contributed by atoms with E-state index in [-0.39, 0.29) is 11.7 Å². The van der Waals surface area contributed by atoms with E-state index in [1.54, 1.807) is 13.0 Å². The van der Waals surface area contributed by atoms with E-state index in [0.29, 0.717) is 17.7 Å². The Morgan fingerprint density at radius 2 is 2.06 bits per heavy atom. The fraction of sp³-hybridized carbons (Fsp3) is 0.462. The minimum absolute atomic E-state index is 0.161. The molecule has 0 aliphatic heterocycles. The van der Waals surface area contributed by atoms with Crippen LogP contribution in [0.25, 0.3) is 0 Å². The maximum atomic E-state index is 13.0. The molecule has 0 saturated heterocycles. The van der Waals surface area contributed by atoms with Gasteiger partial charge in [-0.1, -0.05) is 6.92 Å². The number of hydrogen-bond acceptors (Lipinski definition) is 2. The molecular weight excluding hydrogens is 219 g/mol. The summed E-state index contributed by atoms with van der Waals surface area (Å²) < 4.78 is 13.0. The molecular formula is C13H19FN2O. The third kappa shape index (κ3) is 4.53. The summed E-state index contributed by atoms with van der Waals surface area (Å²) >= 11 is 0. The second-order valence-electron chi connectivity index (χ2n) is 3.97. The van der Waals surface area contributed by atoms with Crippen molar-refractivity contribution in [2.24, 2.45) is 0 Å². The molecule has 17 heavy (non-hydrogen) atoms. The van der Waals surface area contributed by atoms with E-state index in [2.05, 4.69) is 17.6 Å². The van der Waals surface area contributed by atoms with Gasteiger partial charge in [0.05, 0.1) is 0 Å². The fourth-order valence-corrected chi connectivity index (χ4v) is 1.45. The van der Waals surface area contributed by atoms with Crippen molar-refractivity contribution in [1.29, 1.82) is 0 Å². The summed E-state index contributed by atoms with van der Waals surface area (Å²) in [5.74, 6) is -0.447. The number of halogens is 1. The molecule has 0 unspecified atom stereocenters. The van der Waals surface area contributed by atoms with Crippen molar-refractivity contribution in [2.75, 3.05) is 19.6 Å². The van der Waals surface area contributed by atoms with Gasteiger partial charge in [-0.15, -0.1) is 0 Å². The first-order valence-electron chi connectivity index (χ1n) is 5.90. The summed E-state index contributed by atoms with van der Waals surface area (Å²) in [6, 6.07) is 4.38. The Hall–Kier alpha value is -1.42. The molecule has 1 aromatic rings. The number of nitrogens with one attached hydrogen (secondary N) is 2. The number of amides is 1. The maximum Gasteiger partial charge on any atom is 0.251 e. The van der Waals surface area contributed by atoms with Gasteiger partial charge < -0.3 is 10.6 Å². The molecule has 2 N–H and O–H groups in total. The Kier molecular flexibility index (Phi) is 5.63. The first kappa shape index (κ1) is 13.6. The number of carbonyl (C=O) groups excluding carboxylic acids is 1. The van der Waals surface area contributed by atoms with Gasteiger partial charge in [-0.3, -0.25) is 4.79 Å². The average molecular weight is 238 g/mol. The van der Waals surface area contributed by atoms with Crippen molar-refractivity contribution in [2.45, 2.75) is 20.3 Å². The van der Waals surface area contributed by atoms with Gasteiger partial charge in [-0.2, -0.15) is 0 Å².